The van der Waals surface area contributed by atoms with E-state index in [0.29, 0.717) is 0 Å². The molecule has 0 atom stereocenters. The molecule has 0 aliphatic carbocycles. The molecular weight excluding hydrogens is 206 g/mol. The molecule has 0 amide bonds. The summed E-state index contributed by atoms with van der Waals surface area (Å²) in [4.78, 5) is 0. The van der Waals surface area contributed by atoms with Gasteiger partial charge in [-0.2, -0.15) is 0 Å². The molecule has 1 rings (SSSR count). The summed E-state index contributed by atoms with van der Waals surface area (Å²) in [7, 11) is 0. The van der Waals surface area contributed by atoms with Crippen molar-refractivity contribution < 1.29 is 15.9 Å². The number of hydrogen-bond acceptors (Lipinski definition) is 2. The molecule has 0 unspecified atom stereocenters. The van der Waals surface area contributed by atoms with Gasteiger partial charge in [0.15, 0.2) is 0 Å². The molecule has 1 aromatic carbocycles. The Kier molecular flexibility index (Phi) is 1.32. The first-order valence-electron chi connectivity index (χ1n) is 4.91. The van der Waals surface area contributed by atoms with E-state index in [1.54, 1.807) is 0 Å². The van der Waals surface area contributed by atoms with E-state index >= 15 is 0 Å². The smallest absolute Gasteiger partial charge is 0.422 e. The van der Waals surface area contributed by atoms with Gasteiger partial charge in [0.25, 0.3) is 0 Å². The monoisotopic (exact) mass is 215 g/mol. The Bertz CT molecular complexity index is 459. The molecule has 0 spiro atoms. The zero-order valence-corrected chi connectivity index (χ0v) is 7.43. The quantitative estimate of drug-likeness (QED) is 0.705. The van der Waals surface area contributed by atoms with Gasteiger partial charge < -0.3 is 4.52 Å². The van der Waals surface area contributed by atoms with Crippen LogP contribution < -0.4 is 4.52 Å². The lowest BCUT2D eigenvalue weighted by atomic mass is 10.3. The molecule has 0 heterocycles. The molecule has 0 fully saturated rings. The van der Waals surface area contributed by atoms with E-state index < -0.39 is 42.0 Å². The number of halogens is 2. The topological polar surface area (TPSA) is 26.3 Å². The Hall–Kier alpha value is -0.170. The lowest BCUT2D eigenvalue weighted by molar-refractivity contribution is 0.513. The molecule has 2 nitrogen and oxygen atoms in total. The summed E-state index contributed by atoms with van der Waals surface area (Å²) < 4.78 is 52.0. The second-order valence-electron chi connectivity index (χ2n) is 1.46. The van der Waals surface area contributed by atoms with Crippen LogP contribution in [-0.2, 0) is 4.57 Å². The van der Waals surface area contributed by atoms with Crippen LogP contribution in [0.15, 0.2) is 30.2 Å². The Morgan fingerprint density at radius 1 is 1.36 bits per heavy atom. The van der Waals surface area contributed by atoms with Gasteiger partial charge in [-0.1, -0.05) is 18.1 Å². The molecule has 60 valence electrons. The third-order valence-corrected chi connectivity index (χ3v) is 1.48. The maximum absolute atomic E-state index is 11.0. The Morgan fingerprint density at radius 2 is 1.91 bits per heavy atom. The van der Waals surface area contributed by atoms with Crippen molar-refractivity contribution in [2.45, 2.75) is 0 Å². The highest BCUT2D eigenvalue weighted by atomic mass is 35.9. The van der Waals surface area contributed by atoms with E-state index in [-0.39, 0.29) is 0 Å². The molecule has 0 aliphatic heterocycles. The molecule has 0 aliphatic rings. The number of hydrogen-bond donors (Lipinski definition) is 0. The highest BCUT2D eigenvalue weighted by molar-refractivity contribution is 8.05. The lowest BCUT2D eigenvalue weighted by Crippen LogP contribution is -1.79. The lowest BCUT2D eigenvalue weighted by Gasteiger charge is -2.03. The zero-order valence-electron chi connectivity index (χ0n) is 10.0. The fourth-order valence-corrected chi connectivity index (χ4v) is 1.11. The minimum absolute atomic E-state index is 0.582. The van der Waals surface area contributed by atoms with Crippen LogP contribution in [0.5, 0.6) is 5.75 Å². The van der Waals surface area contributed by atoms with Crippen molar-refractivity contribution in [2.24, 2.45) is 0 Å². The minimum Gasteiger partial charge on any atom is -0.422 e. The largest absolute Gasteiger partial charge is 0.428 e. The maximum Gasteiger partial charge on any atom is 0.428 e. The van der Waals surface area contributed by atoms with Crippen LogP contribution in [0.2, 0.25) is 0 Å². The maximum atomic E-state index is 11.0. The van der Waals surface area contributed by atoms with Crippen LogP contribution in [0.1, 0.15) is 6.85 Å². The molecule has 11 heavy (non-hydrogen) atoms. The van der Waals surface area contributed by atoms with Gasteiger partial charge in [-0.05, 0) is 12.1 Å². The van der Waals surface area contributed by atoms with Gasteiger partial charge in [0.1, 0.15) is 5.75 Å². The van der Waals surface area contributed by atoms with Crippen LogP contribution in [0.25, 0.3) is 0 Å². The normalized spacial score (nSPS) is 17.5. The molecule has 0 radical (unpaired) electrons. The average Bonchev–Trinajstić information content (AvgIpc) is 2.17. The van der Waals surface area contributed by atoms with E-state index in [4.69, 9.17) is 29.3 Å². The van der Waals surface area contributed by atoms with E-state index in [1.807, 2.05) is 0 Å². The third-order valence-electron chi connectivity index (χ3n) is 0.675. The molecule has 5 heteroatoms. The van der Waals surface area contributed by atoms with Gasteiger partial charge in [0.2, 0.25) is 0 Å². The minimum atomic E-state index is -4.02. The fraction of sp³-hybridized carbons (Fsp3) is 0. The van der Waals surface area contributed by atoms with Crippen molar-refractivity contribution in [3.05, 3.63) is 30.2 Å². The first-order chi connectivity index (χ1) is 7.15. The van der Waals surface area contributed by atoms with Crippen molar-refractivity contribution in [3.63, 3.8) is 0 Å². The summed E-state index contributed by atoms with van der Waals surface area (Å²) in [5, 5.41) is 0. The van der Waals surface area contributed by atoms with Crippen molar-refractivity contribution in [2.75, 3.05) is 0 Å². The van der Waals surface area contributed by atoms with Gasteiger partial charge in [0, 0.05) is 22.5 Å². The van der Waals surface area contributed by atoms with Crippen LogP contribution in [-0.4, -0.2) is 0 Å². The summed E-state index contributed by atoms with van der Waals surface area (Å²) in [5.41, 5.74) is 0. The van der Waals surface area contributed by atoms with E-state index in [2.05, 4.69) is 4.52 Å². The summed E-state index contributed by atoms with van der Waals surface area (Å²) in [6.45, 7) is 0. The fourth-order valence-electron chi connectivity index (χ4n) is 0.390. The molecular formula is C6H5Cl2O2P. The summed E-state index contributed by atoms with van der Waals surface area (Å²) in [6.07, 6.45) is -4.02. The highest BCUT2D eigenvalue weighted by Gasteiger charge is 2.15. The number of rotatable bonds is 2. The molecule has 0 aromatic heterocycles. The first kappa shape index (κ1) is 4.18. The molecule has 1 aromatic rings. The number of benzene rings is 1. The Labute approximate surface area is 81.1 Å². The van der Waals surface area contributed by atoms with Gasteiger partial charge in [-0.3, -0.25) is 0 Å². The standard InChI is InChI=1S/C6H5Cl2O2P/c7-11(8,9)10-6-4-2-1-3-5-6/h1-5H/i1D,2D,3D,4D,5D. The van der Waals surface area contributed by atoms with Gasteiger partial charge in [0.05, 0.1) is 6.85 Å². The van der Waals surface area contributed by atoms with Crippen molar-refractivity contribution in [1.29, 1.82) is 0 Å². The van der Waals surface area contributed by atoms with Crippen LogP contribution >= 0.6 is 28.6 Å². The van der Waals surface area contributed by atoms with Crippen LogP contribution in [0, 0.1) is 0 Å². The highest BCUT2D eigenvalue weighted by Crippen LogP contribution is 2.56. The van der Waals surface area contributed by atoms with Gasteiger partial charge in [-0.15, -0.1) is 0 Å². The zero-order chi connectivity index (χ0) is 12.7. The summed E-state index contributed by atoms with van der Waals surface area (Å²) >= 11 is 10.2. The van der Waals surface area contributed by atoms with Crippen molar-refractivity contribution in [3.8, 4) is 5.75 Å². The second kappa shape index (κ2) is 3.48. The average molecular weight is 216 g/mol. The van der Waals surface area contributed by atoms with E-state index in [9.17, 15) is 4.57 Å². The van der Waals surface area contributed by atoms with Gasteiger partial charge in [-0.25, -0.2) is 4.57 Å². The van der Waals surface area contributed by atoms with Crippen molar-refractivity contribution in [1.82, 2.24) is 0 Å². The Morgan fingerprint density at radius 3 is 2.36 bits per heavy atom. The van der Waals surface area contributed by atoms with Crippen molar-refractivity contribution >= 4 is 28.6 Å². The van der Waals surface area contributed by atoms with E-state index in [0.717, 1.165) is 0 Å². The molecule has 0 saturated carbocycles. The summed E-state index contributed by atoms with van der Waals surface area (Å²) in [5.74, 6) is -0.626. The molecule has 0 saturated heterocycles. The van der Waals surface area contributed by atoms with Crippen LogP contribution in [0.4, 0.5) is 0 Å². The third kappa shape index (κ3) is 3.66. The predicted molar refractivity (Wildman–Crippen MR) is 46.4 cm³/mol. The van der Waals surface area contributed by atoms with Crippen LogP contribution in [0.3, 0.4) is 0 Å². The SMILES string of the molecule is [2H]c1c([2H])c([2H])c(OP(=O)(Cl)Cl)c([2H])c1[2H]. The molecule has 0 N–H and O–H groups in total. The van der Waals surface area contributed by atoms with Gasteiger partial charge >= 0.3 is 6.07 Å². The predicted octanol–water partition coefficient (Wildman–Crippen LogP) is 3.65. The second-order valence-corrected chi connectivity index (χ2v) is 5.66. The molecule has 0 bridgehead atoms. The Balaban J connectivity index is 3.46. The van der Waals surface area contributed by atoms with E-state index in [1.165, 1.54) is 0 Å². The number of para-hydroxylation sites is 1. The summed E-state index contributed by atoms with van der Waals surface area (Å²) in [6, 6.07) is -3.10. The first-order valence-corrected chi connectivity index (χ1v) is 5.84.